The lowest BCUT2D eigenvalue weighted by Crippen LogP contribution is -2.26. The molecule has 1 unspecified atom stereocenters. The monoisotopic (exact) mass is 349 g/mol. The zero-order chi connectivity index (χ0) is 15.1. The van der Waals surface area contributed by atoms with Gasteiger partial charge in [-0.05, 0) is 56.0 Å². The van der Waals surface area contributed by atoms with Crippen molar-refractivity contribution in [1.82, 2.24) is 15.1 Å². The van der Waals surface area contributed by atoms with Crippen LogP contribution in [0, 0.1) is 5.92 Å². The van der Waals surface area contributed by atoms with E-state index in [1.807, 2.05) is 17.9 Å². The third-order valence-corrected chi connectivity index (χ3v) is 4.37. The van der Waals surface area contributed by atoms with Gasteiger partial charge in [0, 0.05) is 17.7 Å². The molecule has 0 fully saturated rings. The summed E-state index contributed by atoms with van der Waals surface area (Å²) >= 11 is 3.66. The highest BCUT2D eigenvalue weighted by molar-refractivity contribution is 9.10. The van der Waals surface area contributed by atoms with Crippen LogP contribution in [0.3, 0.4) is 0 Å². The van der Waals surface area contributed by atoms with Crippen LogP contribution in [0.2, 0.25) is 0 Å². The summed E-state index contributed by atoms with van der Waals surface area (Å²) in [7, 11) is 1.97. The van der Waals surface area contributed by atoms with Crippen LogP contribution in [-0.4, -0.2) is 22.9 Å². The number of aryl methyl sites for hydroxylation is 1. The minimum atomic E-state index is 0.560. The summed E-state index contributed by atoms with van der Waals surface area (Å²) in [4.78, 5) is 0. The summed E-state index contributed by atoms with van der Waals surface area (Å²) in [5, 5.41) is 8.07. The van der Waals surface area contributed by atoms with Crippen LogP contribution in [0.5, 0.6) is 0 Å². The van der Waals surface area contributed by atoms with Gasteiger partial charge in [0.1, 0.15) is 0 Å². The maximum absolute atomic E-state index is 4.52. The van der Waals surface area contributed by atoms with Crippen LogP contribution < -0.4 is 5.32 Å². The van der Waals surface area contributed by atoms with Gasteiger partial charge in [0.15, 0.2) is 0 Å². The molecular formula is C17H24BrN3. The normalized spacial score (nSPS) is 12.5. The maximum atomic E-state index is 4.52. The Balaban J connectivity index is 2.02. The number of hydrogen-bond donors (Lipinski definition) is 1. The van der Waals surface area contributed by atoms with Crippen molar-refractivity contribution in [2.75, 3.05) is 13.1 Å². The largest absolute Gasteiger partial charge is 0.316 e. The summed E-state index contributed by atoms with van der Waals surface area (Å²) in [6.07, 6.45) is 5.27. The van der Waals surface area contributed by atoms with E-state index in [9.17, 15) is 0 Å². The molecular weight excluding hydrogens is 326 g/mol. The van der Waals surface area contributed by atoms with E-state index in [2.05, 4.69) is 63.6 Å². The molecule has 2 rings (SSSR count). The van der Waals surface area contributed by atoms with E-state index in [0.29, 0.717) is 5.92 Å². The zero-order valence-electron chi connectivity index (χ0n) is 12.8. The van der Waals surface area contributed by atoms with Crippen LogP contribution in [0.4, 0.5) is 0 Å². The number of nitrogens with zero attached hydrogens (tertiary/aromatic N) is 2. The van der Waals surface area contributed by atoms with Crippen molar-refractivity contribution in [3.63, 3.8) is 0 Å². The molecule has 0 radical (unpaired) electrons. The van der Waals surface area contributed by atoms with Gasteiger partial charge in [-0.1, -0.05) is 41.1 Å². The first-order chi connectivity index (χ1) is 10.2. The van der Waals surface area contributed by atoms with Gasteiger partial charge in [0.05, 0.1) is 5.69 Å². The molecule has 0 spiro atoms. The Hall–Kier alpha value is -1.13. The van der Waals surface area contributed by atoms with Crippen molar-refractivity contribution < 1.29 is 0 Å². The summed E-state index contributed by atoms with van der Waals surface area (Å²) in [5.74, 6) is 0.560. The first-order valence-electron chi connectivity index (χ1n) is 7.61. The fourth-order valence-corrected chi connectivity index (χ4v) is 2.99. The lowest BCUT2D eigenvalue weighted by molar-refractivity contribution is 0.464. The number of aromatic nitrogens is 2. The van der Waals surface area contributed by atoms with Gasteiger partial charge < -0.3 is 5.32 Å². The molecule has 1 aromatic heterocycles. The quantitative estimate of drug-likeness (QED) is 0.738. The van der Waals surface area contributed by atoms with Crippen LogP contribution in [0.1, 0.15) is 24.6 Å². The molecule has 0 saturated heterocycles. The standard InChI is InChI=1S/C17H24BrN3/c1-3-9-19-13-14(12-16-8-10-21(2)20-16)11-15-6-4-5-7-17(15)18/h4-8,10,14,19H,3,9,11-13H2,1-2H3. The maximum Gasteiger partial charge on any atom is 0.0627 e. The Morgan fingerprint density at radius 1 is 1.24 bits per heavy atom. The van der Waals surface area contributed by atoms with E-state index in [1.165, 1.54) is 22.2 Å². The predicted molar refractivity (Wildman–Crippen MR) is 91.4 cm³/mol. The van der Waals surface area contributed by atoms with Gasteiger partial charge >= 0.3 is 0 Å². The minimum absolute atomic E-state index is 0.560. The highest BCUT2D eigenvalue weighted by atomic mass is 79.9. The second-order valence-corrected chi connectivity index (χ2v) is 6.40. The second-order valence-electron chi connectivity index (χ2n) is 5.55. The molecule has 1 heterocycles. The molecule has 0 saturated carbocycles. The molecule has 0 aliphatic rings. The van der Waals surface area contributed by atoms with Gasteiger partial charge in [-0.25, -0.2) is 0 Å². The Labute approximate surface area is 135 Å². The third-order valence-electron chi connectivity index (χ3n) is 3.59. The van der Waals surface area contributed by atoms with Crippen molar-refractivity contribution in [3.8, 4) is 0 Å². The van der Waals surface area contributed by atoms with Crippen molar-refractivity contribution in [3.05, 3.63) is 52.3 Å². The number of hydrogen-bond acceptors (Lipinski definition) is 2. The summed E-state index contributed by atoms with van der Waals surface area (Å²) in [6, 6.07) is 10.6. The number of rotatable bonds is 8. The number of halogens is 1. The van der Waals surface area contributed by atoms with E-state index in [1.54, 1.807) is 0 Å². The Morgan fingerprint density at radius 3 is 2.71 bits per heavy atom. The predicted octanol–water partition coefficient (Wildman–Crippen LogP) is 3.58. The molecule has 0 aliphatic heterocycles. The average molecular weight is 350 g/mol. The molecule has 0 bridgehead atoms. The fourth-order valence-electron chi connectivity index (χ4n) is 2.54. The smallest absolute Gasteiger partial charge is 0.0627 e. The highest BCUT2D eigenvalue weighted by Crippen LogP contribution is 2.21. The van der Waals surface area contributed by atoms with Gasteiger partial charge in [-0.15, -0.1) is 0 Å². The van der Waals surface area contributed by atoms with Crippen molar-refractivity contribution in [1.29, 1.82) is 0 Å². The zero-order valence-corrected chi connectivity index (χ0v) is 14.4. The lowest BCUT2D eigenvalue weighted by atomic mass is 9.94. The van der Waals surface area contributed by atoms with E-state index in [-0.39, 0.29) is 0 Å². The molecule has 1 N–H and O–H groups in total. The lowest BCUT2D eigenvalue weighted by Gasteiger charge is -2.17. The van der Waals surface area contributed by atoms with Crippen LogP contribution in [0.25, 0.3) is 0 Å². The first-order valence-corrected chi connectivity index (χ1v) is 8.41. The number of nitrogens with one attached hydrogen (secondary N) is 1. The van der Waals surface area contributed by atoms with Crippen LogP contribution in [-0.2, 0) is 19.9 Å². The molecule has 1 aromatic carbocycles. The summed E-state index contributed by atoms with van der Waals surface area (Å²) in [5.41, 5.74) is 2.55. The van der Waals surface area contributed by atoms with Gasteiger partial charge in [-0.3, -0.25) is 4.68 Å². The molecule has 0 amide bonds. The molecule has 1 atom stereocenters. The third kappa shape index (κ3) is 5.29. The summed E-state index contributed by atoms with van der Waals surface area (Å²) < 4.78 is 3.08. The molecule has 0 aliphatic carbocycles. The molecule has 21 heavy (non-hydrogen) atoms. The molecule has 2 aromatic rings. The Morgan fingerprint density at radius 2 is 2.05 bits per heavy atom. The van der Waals surface area contributed by atoms with Crippen molar-refractivity contribution in [2.24, 2.45) is 13.0 Å². The van der Waals surface area contributed by atoms with Crippen LogP contribution >= 0.6 is 15.9 Å². The minimum Gasteiger partial charge on any atom is -0.316 e. The molecule has 3 nitrogen and oxygen atoms in total. The Kier molecular flexibility index (Phi) is 6.46. The van der Waals surface area contributed by atoms with E-state index in [0.717, 1.165) is 25.9 Å². The fraction of sp³-hybridized carbons (Fsp3) is 0.471. The van der Waals surface area contributed by atoms with Crippen molar-refractivity contribution >= 4 is 15.9 Å². The van der Waals surface area contributed by atoms with E-state index < -0.39 is 0 Å². The van der Waals surface area contributed by atoms with Gasteiger partial charge in [-0.2, -0.15) is 5.10 Å². The van der Waals surface area contributed by atoms with Gasteiger partial charge in [0.25, 0.3) is 0 Å². The first kappa shape index (κ1) is 16.2. The highest BCUT2D eigenvalue weighted by Gasteiger charge is 2.13. The van der Waals surface area contributed by atoms with E-state index >= 15 is 0 Å². The van der Waals surface area contributed by atoms with E-state index in [4.69, 9.17) is 0 Å². The molecule has 114 valence electrons. The second kappa shape index (κ2) is 8.35. The average Bonchev–Trinajstić information content (AvgIpc) is 2.87. The number of benzene rings is 1. The van der Waals surface area contributed by atoms with Crippen molar-refractivity contribution in [2.45, 2.75) is 26.2 Å². The van der Waals surface area contributed by atoms with Crippen LogP contribution in [0.15, 0.2) is 41.0 Å². The Bertz CT molecular complexity index is 550. The summed E-state index contributed by atoms with van der Waals surface area (Å²) in [6.45, 7) is 4.31. The molecule has 4 heteroatoms. The topological polar surface area (TPSA) is 29.9 Å². The SMILES string of the molecule is CCCNCC(Cc1ccn(C)n1)Cc1ccccc1Br. The van der Waals surface area contributed by atoms with Gasteiger partial charge in [0.2, 0.25) is 0 Å².